The quantitative estimate of drug-likeness (QED) is 0.808. The summed E-state index contributed by atoms with van der Waals surface area (Å²) in [6.45, 7) is 1.64. The van der Waals surface area contributed by atoms with E-state index in [0.29, 0.717) is 19.8 Å². The molecular formula is C14H20N2O3. The molecule has 19 heavy (non-hydrogen) atoms. The maximum absolute atomic E-state index is 12.1. The molecule has 0 fully saturated rings. The summed E-state index contributed by atoms with van der Waals surface area (Å²) in [6.07, 6.45) is 0.779. The van der Waals surface area contributed by atoms with Crippen LogP contribution in [0.2, 0.25) is 0 Å². The molecule has 0 aromatic heterocycles. The van der Waals surface area contributed by atoms with Gasteiger partial charge >= 0.3 is 0 Å². The molecule has 0 radical (unpaired) electrons. The summed E-state index contributed by atoms with van der Waals surface area (Å²) in [6, 6.07) is 7.78. The van der Waals surface area contributed by atoms with Crippen molar-refractivity contribution in [1.82, 2.24) is 0 Å². The number of carbonyl (C=O) groups excluding carboxylic acids is 1. The van der Waals surface area contributed by atoms with Crippen LogP contribution in [0.25, 0.3) is 0 Å². The Kier molecular flexibility index (Phi) is 4.90. The number of nitrogens with two attached hydrogens (primary N) is 1. The van der Waals surface area contributed by atoms with Crippen LogP contribution in [0, 0.1) is 0 Å². The van der Waals surface area contributed by atoms with Crippen LogP contribution >= 0.6 is 0 Å². The largest absolute Gasteiger partial charge is 0.382 e. The van der Waals surface area contributed by atoms with Gasteiger partial charge in [-0.25, -0.2) is 0 Å². The van der Waals surface area contributed by atoms with Crippen LogP contribution in [0.4, 0.5) is 5.69 Å². The zero-order chi connectivity index (χ0) is 13.7. The van der Waals surface area contributed by atoms with E-state index in [9.17, 15) is 4.79 Å². The van der Waals surface area contributed by atoms with Gasteiger partial charge in [0.2, 0.25) is 0 Å². The molecule has 1 unspecified atom stereocenters. The Morgan fingerprint density at radius 3 is 3.00 bits per heavy atom. The van der Waals surface area contributed by atoms with E-state index in [-0.39, 0.29) is 18.6 Å². The number of amides is 1. The molecular weight excluding hydrogens is 244 g/mol. The maximum atomic E-state index is 12.1. The van der Waals surface area contributed by atoms with Crippen molar-refractivity contribution >= 4 is 11.6 Å². The number of ether oxygens (including phenoxy) is 2. The van der Waals surface area contributed by atoms with E-state index >= 15 is 0 Å². The first-order valence-electron chi connectivity index (χ1n) is 6.45. The Balaban J connectivity index is 2.01. The fraction of sp³-hybridized carbons (Fsp3) is 0.500. The van der Waals surface area contributed by atoms with Gasteiger partial charge in [0.15, 0.2) is 0 Å². The van der Waals surface area contributed by atoms with Crippen molar-refractivity contribution < 1.29 is 14.3 Å². The third-order valence-corrected chi connectivity index (χ3v) is 3.25. The third kappa shape index (κ3) is 3.32. The summed E-state index contributed by atoms with van der Waals surface area (Å²) in [7, 11) is 1.60. The molecule has 1 aromatic carbocycles. The van der Waals surface area contributed by atoms with Crippen LogP contribution in [-0.4, -0.2) is 39.4 Å². The molecule has 0 bridgehead atoms. The molecule has 1 amide bonds. The van der Waals surface area contributed by atoms with Crippen molar-refractivity contribution in [2.45, 2.75) is 12.5 Å². The molecule has 0 aliphatic carbocycles. The smallest absolute Gasteiger partial charge is 0.252 e. The number of fused-ring (bicyclic) bond motifs is 1. The average Bonchev–Trinajstić information content (AvgIpc) is 2.44. The van der Waals surface area contributed by atoms with E-state index in [2.05, 4.69) is 0 Å². The SMILES string of the molecule is COCCOCC(=O)N1CCC(N)c2ccccc21. The van der Waals surface area contributed by atoms with Crippen LogP contribution in [0.3, 0.4) is 0 Å². The van der Waals surface area contributed by atoms with Crippen molar-refractivity contribution in [2.75, 3.05) is 38.4 Å². The minimum absolute atomic E-state index is 0.00894. The van der Waals surface area contributed by atoms with E-state index < -0.39 is 0 Å². The summed E-state index contributed by atoms with van der Waals surface area (Å²) < 4.78 is 10.2. The van der Waals surface area contributed by atoms with Gasteiger partial charge in [0.1, 0.15) is 6.61 Å². The molecule has 2 rings (SSSR count). The van der Waals surface area contributed by atoms with Crippen molar-refractivity contribution in [3.8, 4) is 0 Å². The summed E-state index contributed by atoms with van der Waals surface area (Å²) in [5, 5.41) is 0. The normalized spacial score (nSPS) is 18.2. The number of methoxy groups -OCH3 is 1. The molecule has 1 aliphatic rings. The second kappa shape index (κ2) is 6.65. The van der Waals surface area contributed by atoms with Crippen LogP contribution < -0.4 is 10.6 Å². The molecule has 5 heteroatoms. The number of hydrogen-bond acceptors (Lipinski definition) is 4. The number of carbonyl (C=O) groups is 1. The standard InChI is InChI=1S/C14H20N2O3/c1-18-8-9-19-10-14(17)16-7-6-12(15)11-4-2-3-5-13(11)16/h2-5,12H,6-10,15H2,1H3. The molecule has 2 N–H and O–H groups in total. The monoisotopic (exact) mass is 264 g/mol. The second-order valence-electron chi connectivity index (χ2n) is 4.54. The lowest BCUT2D eigenvalue weighted by molar-refractivity contribution is -0.123. The van der Waals surface area contributed by atoms with Gasteiger partial charge in [-0.3, -0.25) is 4.79 Å². The van der Waals surface area contributed by atoms with Crippen LogP contribution in [0.15, 0.2) is 24.3 Å². The first-order chi connectivity index (χ1) is 9.24. The molecule has 5 nitrogen and oxygen atoms in total. The van der Waals surface area contributed by atoms with E-state index in [1.807, 2.05) is 24.3 Å². The van der Waals surface area contributed by atoms with Gasteiger partial charge in [-0.2, -0.15) is 0 Å². The predicted octanol–water partition coefficient (Wildman–Crippen LogP) is 1.09. The molecule has 1 aliphatic heterocycles. The maximum Gasteiger partial charge on any atom is 0.252 e. The average molecular weight is 264 g/mol. The van der Waals surface area contributed by atoms with Crippen molar-refractivity contribution in [3.05, 3.63) is 29.8 Å². The number of benzene rings is 1. The molecule has 0 spiro atoms. The first-order valence-corrected chi connectivity index (χ1v) is 6.45. The van der Waals surface area contributed by atoms with E-state index in [0.717, 1.165) is 17.7 Å². The molecule has 1 aromatic rings. The molecule has 0 saturated heterocycles. The van der Waals surface area contributed by atoms with Crippen molar-refractivity contribution in [3.63, 3.8) is 0 Å². The van der Waals surface area contributed by atoms with Gasteiger partial charge in [-0.05, 0) is 18.1 Å². The third-order valence-electron chi connectivity index (χ3n) is 3.25. The minimum atomic E-state index is -0.0320. The topological polar surface area (TPSA) is 64.8 Å². The predicted molar refractivity (Wildman–Crippen MR) is 73.0 cm³/mol. The van der Waals surface area contributed by atoms with Gasteiger partial charge in [0, 0.05) is 25.4 Å². The lowest BCUT2D eigenvalue weighted by atomic mass is 9.97. The van der Waals surface area contributed by atoms with E-state index in [1.54, 1.807) is 12.0 Å². The van der Waals surface area contributed by atoms with Crippen LogP contribution in [0.5, 0.6) is 0 Å². The second-order valence-corrected chi connectivity index (χ2v) is 4.54. The summed E-state index contributed by atoms with van der Waals surface area (Å²) in [5.74, 6) is -0.0320. The number of para-hydroxylation sites is 1. The fourth-order valence-corrected chi connectivity index (χ4v) is 2.23. The lowest BCUT2D eigenvalue weighted by Crippen LogP contribution is -2.40. The highest BCUT2D eigenvalue weighted by Crippen LogP contribution is 2.31. The summed E-state index contributed by atoms with van der Waals surface area (Å²) in [4.78, 5) is 13.9. The Hall–Kier alpha value is -1.43. The van der Waals surface area contributed by atoms with E-state index in [4.69, 9.17) is 15.2 Å². The van der Waals surface area contributed by atoms with Crippen molar-refractivity contribution in [2.24, 2.45) is 5.73 Å². The van der Waals surface area contributed by atoms with Gasteiger partial charge < -0.3 is 20.1 Å². The number of nitrogens with zero attached hydrogens (tertiary/aromatic N) is 1. The summed E-state index contributed by atoms with van der Waals surface area (Å²) in [5.41, 5.74) is 7.99. The molecule has 1 atom stereocenters. The summed E-state index contributed by atoms with van der Waals surface area (Å²) >= 11 is 0. The first kappa shape index (κ1) is 14.0. The van der Waals surface area contributed by atoms with Crippen molar-refractivity contribution in [1.29, 1.82) is 0 Å². The van der Waals surface area contributed by atoms with Gasteiger partial charge in [-0.1, -0.05) is 18.2 Å². The van der Waals surface area contributed by atoms with Crippen LogP contribution in [0.1, 0.15) is 18.0 Å². The molecule has 1 heterocycles. The zero-order valence-electron chi connectivity index (χ0n) is 11.2. The Morgan fingerprint density at radius 2 is 2.21 bits per heavy atom. The molecule has 0 saturated carbocycles. The molecule has 104 valence electrons. The number of anilines is 1. The van der Waals surface area contributed by atoms with Gasteiger partial charge in [0.05, 0.1) is 13.2 Å². The Morgan fingerprint density at radius 1 is 1.42 bits per heavy atom. The Labute approximate surface area is 113 Å². The Bertz CT molecular complexity index is 436. The highest BCUT2D eigenvalue weighted by Gasteiger charge is 2.26. The zero-order valence-corrected chi connectivity index (χ0v) is 11.2. The lowest BCUT2D eigenvalue weighted by Gasteiger charge is -2.32. The van der Waals surface area contributed by atoms with Crippen LogP contribution in [-0.2, 0) is 14.3 Å². The minimum Gasteiger partial charge on any atom is -0.382 e. The fourth-order valence-electron chi connectivity index (χ4n) is 2.23. The number of rotatable bonds is 5. The van der Waals surface area contributed by atoms with Gasteiger partial charge in [-0.15, -0.1) is 0 Å². The highest BCUT2D eigenvalue weighted by atomic mass is 16.5. The van der Waals surface area contributed by atoms with E-state index in [1.165, 1.54) is 0 Å². The highest BCUT2D eigenvalue weighted by molar-refractivity contribution is 5.95. The van der Waals surface area contributed by atoms with Gasteiger partial charge in [0.25, 0.3) is 5.91 Å². The number of hydrogen-bond donors (Lipinski definition) is 1.